The number of aryl methyl sites for hydroxylation is 1. The average molecular weight is 323 g/mol. The van der Waals surface area contributed by atoms with Gasteiger partial charge in [-0.1, -0.05) is 0 Å². The highest BCUT2D eigenvalue weighted by molar-refractivity contribution is 7.98. The molecular formula is C17H17N5S. The molecule has 6 heteroatoms. The summed E-state index contributed by atoms with van der Waals surface area (Å²) in [6.45, 7) is 1.98. The molecule has 0 atom stereocenters. The molecule has 0 bridgehead atoms. The van der Waals surface area contributed by atoms with E-state index in [2.05, 4.69) is 33.8 Å². The van der Waals surface area contributed by atoms with Crippen LogP contribution in [0.3, 0.4) is 0 Å². The number of benzene rings is 2. The molecule has 0 aliphatic heterocycles. The molecule has 0 amide bonds. The first-order chi connectivity index (χ1) is 11.1. The number of hydrogen-bond acceptors (Lipinski definition) is 6. The van der Waals surface area contributed by atoms with Crippen molar-refractivity contribution in [3.05, 3.63) is 48.2 Å². The van der Waals surface area contributed by atoms with Crippen molar-refractivity contribution in [2.24, 2.45) is 5.11 Å². The Kier molecular flexibility index (Phi) is 4.16. The highest BCUT2D eigenvalue weighted by Gasteiger charge is 2.08. The van der Waals surface area contributed by atoms with Gasteiger partial charge in [-0.05, 0) is 55.1 Å². The lowest BCUT2D eigenvalue weighted by atomic mass is 10.1. The summed E-state index contributed by atoms with van der Waals surface area (Å²) in [6.07, 6.45) is 3.84. The molecule has 0 radical (unpaired) electrons. The third-order valence-electron chi connectivity index (χ3n) is 3.71. The van der Waals surface area contributed by atoms with Crippen molar-refractivity contribution in [2.75, 3.05) is 17.3 Å². The van der Waals surface area contributed by atoms with Crippen molar-refractivity contribution in [3.8, 4) is 0 Å². The number of pyridine rings is 1. The van der Waals surface area contributed by atoms with Crippen LogP contribution in [0.25, 0.3) is 10.9 Å². The van der Waals surface area contributed by atoms with E-state index in [0.717, 1.165) is 27.8 Å². The van der Waals surface area contributed by atoms with Crippen molar-refractivity contribution in [1.29, 1.82) is 5.53 Å². The molecule has 2 aromatic carbocycles. The van der Waals surface area contributed by atoms with Crippen LogP contribution in [0, 0.1) is 12.5 Å². The number of rotatable bonds is 4. The quantitative estimate of drug-likeness (QED) is 0.347. The lowest BCUT2D eigenvalue weighted by Crippen LogP contribution is -1.97. The fraction of sp³-hybridized carbons (Fsp3) is 0.118. The summed E-state index contributed by atoms with van der Waals surface area (Å²) in [4.78, 5) is 5.60. The third kappa shape index (κ3) is 2.98. The Morgan fingerprint density at radius 2 is 2.00 bits per heavy atom. The molecule has 1 heterocycles. The molecule has 0 unspecified atom stereocenters. The van der Waals surface area contributed by atoms with E-state index in [4.69, 9.17) is 11.3 Å². The average Bonchev–Trinajstić information content (AvgIpc) is 2.57. The lowest BCUT2D eigenvalue weighted by Gasteiger charge is -2.14. The number of nitrogens with two attached hydrogens (primary N) is 1. The summed E-state index contributed by atoms with van der Waals surface area (Å²) in [5.74, 6) is 0. The molecule has 5 nitrogen and oxygen atoms in total. The number of nitrogens with one attached hydrogen (secondary N) is 2. The van der Waals surface area contributed by atoms with Crippen LogP contribution in [0.4, 0.5) is 22.7 Å². The number of anilines is 3. The number of nitrogens with zero attached hydrogens (tertiary/aromatic N) is 2. The fourth-order valence-electron chi connectivity index (χ4n) is 2.46. The van der Waals surface area contributed by atoms with Gasteiger partial charge in [0.1, 0.15) is 5.69 Å². The van der Waals surface area contributed by atoms with E-state index in [0.29, 0.717) is 11.4 Å². The predicted molar refractivity (Wildman–Crippen MR) is 97.2 cm³/mol. The van der Waals surface area contributed by atoms with Gasteiger partial charge in [0.15, 0.2) is 0 Å². The van der Waals surface area contributed by atoms with Crippen molar-refractivity contribution >= 4 is 45.4 Å². The first-order valence-corrected chi connectivity index (χ1v) is 8.32. The molecule has 3 aromatic rings. The summed E-state index contributed by atoms with van der Waals surface area (Å²) in [5.41, 5.74) is 17.8. The van der Waals surface area contributed by atoms with Crippen LogP contribution >= 0.6 is 11.8 Å². The van der Waals surface area contributed by atoms with Crippen molar-refractivity contribution in [3.63, 3.8) is 0 Å². The van der Waals surface area contributed by atoms with Crippen LogP contribution in [0.2, 0.25) is 0 Å². The number of aromatic nitrogens is 1. The molecule has 0 saturated carbocycles. The third-order valence-corrected chi connectivity index (χ3v) is 4.44. The number of thioether (sulfide) groups is 1. The van der Waals surface area contributed by atoms with Crippen LogP contribution in [0.15, 0.2) is 52.6 Å². The minimum atomic E-state index is 0.460. The standard InChI is InChI=1S/C17H17N5S/c1-10-7-13(18)17(22-19)9-16(10)21-15-5-6-20-14-4-3-11(23-2)8-12(14)15/h3-9,19H,18H2,1-2H3,(H,20,21). The fourth-order valence-corrected chi connectivity index (χ4v) is 2.90. The van der Waals surface area contributed by atoms with Crippen molar-refractivity contribution < 1.29 is 0 Å². The molecule has 1 aromatic heterocycles. The van der Waals surface area contributed by atoms with Gasteiger partial charge in [0.2, 0.25) is 0 Å². The Bertz CT molecular complexity index is 892. The van der Waals surface area contributed by atoms with Crippen LogP contribution in [0.5, 0.6) is 0 Å². The zero-order chi connectivity index (χ0) is 16.4. The molecule has 4 N–H and O–H groups in total. The van der Waals surface area contributed by atoms with E-state index < -0.39 is 0 Å². The van der Waals surface area contributed by atoms with Gasteiger partial charge in [-0.3, -0.25) is 4.98 Å². The molecule has 0 aliphatic carbocycles. The van der Waals surface area contributed by atoms with Gasteiger partial charge < -0.3 is 11.1 Å². The summed E-state index contributed by atoms with van der Waals surface area (Å²) in [5, 5.41) is 7.95. The summed E-state index contributed by atoms with van der Waals surface area (Å²) in [6, 6.07) is 11.8. The minimum absolute atomic E-state index is 0.460. The van der Waals surface area contributed by atoms with Gasteiger partial charge in [0.05, 0.1) is 11.2 Å². The van der Waals surface area contributed by atoms with Gasteiger partial charge in [-0.25, -0.2) is 5.53 Å². The lowest BCUT2D eigenvalue weighted by molar-refractivity contribution is 1.15. The van der Waals surface area contributed by atoms with Gasteiger partial charge in [-0.15, -0.1) is 11.8 Å². The first-order valence-electron chi connectivity index (χ1n) is 7.09. The SMILES string of the molecule is CSc1ccc2nccc(Nc3cc(N=N)c(N)cc3C)c2c1. The highest BCUT2D eigenvalue weighted by atomic mass is 32.2. The van der Waals surface area contributed by atoms with Gasteiger partial charge >= 0.3 is 0 Å². The Hall–Kier alpha value is -2.60. The van der Waals surface area contributed by atoms with E-state index >= 15 is 0 Å². The molecule has 0 fully saturated rings. The molecule has 0 aliphatic rings. The van der Waals surface area contributed by atoms with Crippen LogP contribution in [-0.2, 0) is 0 Å². The van der Waals surface area contributed by atoms with Gasteiger partial charge in [-0.2, -0.15) is 5.11 Å². The monoisotopic (exact) mass is 323 g/mol. The van der Waals surface area contributed by atoms with Crippen molar-refractivity contribution in [2.45, 2.75) is 11.8 Å². The molecule has 3 rings (SSSR count). The largest absolute Gasteiger partial charge is 0.397 e. The van der Waals surface area contributed by atoms with Crippen LogP contribution in [0.1, 0.15) is 5.56 Å². The maximum atomic E-state index is 7.22. The van der Waals surface area contributed by atoms with E-state index in [1.54, 1.807) is 24.0 Å². The minimum Gasteiger partial charge on any atom is -0.397 e. The highest BCUT2D eigenvalue weighted by Crippen LogP contribution is 2.33. The van der Waals surface area contributed by atoms with Crippen molar-refractivity contribution in [1.82, 2.24) is 4.98 Å². The normalized spacial score (nSPS) is 10.7. The zero-order valence-electron chi connectivity index (χ0n) is 12.9. The Morgan fingerprint density at radius 3 is 2.74 bits per heavy atom. The molecule has 116 valence electrons. The van der Waals surface area contributed by atoms with E-state index in [9.17, 15) is 0 Å². The molecule has 0 spiro atoms. The van der Waals surface area contributed by atoms with E-state index in [-0.39, 0.29) is 0 Å². The summed E-state index contributed by atoms with van der Waals surface area (Å²) >= 11 is 1.70. The number of hydrogen-bond donors (Lipinski definition) is 3. The van der Waals surface area contributed by atoms with Crippen LogP contribution < -0.4 is 11.1 Å². The Labute approximate surface area is 138 Å². The maximum Gasteiger partial charge on any atom is 0.110 e. The molecular weight excluding hydrogens is 306 g/mol. The van der Waals surface area contributed by atoms with Gasteiger partial charge in [0, 0.05) is 27.9 Å². The second-order valence-corrected chi connectivity index (χ2v) is 6.08. The topological polar surface area (TPSA) is 87.2 Å². The second-order valence-electron chi connectivity index (χ2n) is 5.20. The predicted octanol–water partition coefficient (Wildman–Crippen LogP) is 5.25. The number of fused-ring (bicyclic) bond motifs is 1. The summed E-state index contributed by atoms with van der Waals surface area (Å²) < 4.78 is 0. The smallest absolute Gasteiger partial charge is 0.110 e. The Morgan fingerprint density at radius 1 is 1.17 bits per heavy atom. The molecule has 23 heavy (non-hydrogen) atoms. The van der Waals surface area contributed by atoms with Gasteiger partial charge in [0.25, 0.3) is 0 Å². The van der Waals surface area contributed by atoms with Crippen LogP contribution in [-0.4, -0.2) is 11.2 Å². The number of nitrogen functional groups attached to an aromatic ring is 1. The van der Waals surface area contributed by atoms with E-state index in [1.807, 2.05) is 25.1 Å². The summed E-state index contributed by atoms with van der Waals surface area (Å²) in [7, 11) is 0. The molecule has 0 saturated heterocycles. The maximum absolute atomic E-state index is 7.22. The zero-order valence-corrected chi connectivity index (χ0v) is 13.7. The Balaban J connectivity index is 2.10. The second kappa shape index (κ2) is 6.26. The first kappa shape index (κ1) is 15.3. The van der Waals surface area contributed by atoms with E-state index in [1.165, 1.54) is 4.90 Å².